The number of hydrogen-bond acceptors (Lipinski definition) is 3. The summed E-state index contributed by atoms with van der Waals surface area (Å²) in [6.45, 7) is 0. The van der Waals surface area contributed by atoms with Crippen LogP contribution in [0.4, 0.5) is 5.69 Å². The van der Waals surface area contributed by atoms with Crippen molar-refractivity contribution < 1.29 is 9.66 Å². The second-order valence-corrected chi connectivity index (χ2v) is 5.80. The molecule has 0 aliphatic carbocycles. The summed E-state index contributed by atoms with van der Waals surface area (Å²) in [5.74, 6) is 0.623. The number of benzene rings is 4. The Labute approximate surface area is 144 Å². The summed E-state index contributed by atoms with van der Waals surface area (Å²) in [6.07, 6.45) is 0. The third kappa shape index (κ3) is 2.39. The molecule has 4 rings (SSSR count). The molecular formula is C21H15NO3. The number of ether oxygens (including phenoxy) is 1. The average molecular weight is 329 g/mol. The molecule has 0 fully saturated rings. The molecule has 0 aliphatic heterocycles. The predicted molar refractivity (Wildman–Crippen MR) is 100 cm³/mol. The van der Waals surface area contributed by atoms with Crippen molar-refractivity contribution >= 4 is 27.2 Å². The second-order valence-electron chi connectivity index (χ2n) is 5.80. The first-order valence-electron chi connectivity index (χ1n) is 7.93. The number of nitro benzene ring substituents is 1. The van der Waals surface area contributed by atoms with Crippen LogP contribution < -0.4 is 4.74 Å². The maximum Gasteiger partial charge on any atom is 0.278 e. The van der Waals surface area contributed by atoms with Gasteiger partial charge in [0, 0.05) is 11.6 Å². The lowest BCUT2D eigenvalue weighted by molar-refractivity contribution is -0.384. The maximum absolute atomic E-state index is 11.7. The topological polar surface area (TPSA) is 52.4 Å². The molecule has 0 radical (unpaired) electrons. The van der Waals surface area contributed by atoms with Gasteiger partial charge in [0.25, 0.3) is 5.69 Å². The molecule has 0 bridgehead atoms. The number of nitro groups is 1. The van der Waals surface area contributed by atoms with Gasteiger partial charge in [-0.25, -0.2) is 0 Å². The van der Waals surface area contributed by atoms with Crippen molar-refractivity contribution in [2.24, 2.45) is 0 Å². The Morgan fingerprint density at radius 1 is 0.760 bits per heavy atom. The lowest BCUT2D eigenvalue weighted by Crippen LogP contribution is -1.96. The highest BCUT2D eigenvalue weighted by Crippen LogP contribution is 2.44. The zero-order chi connectivity index (χ0) is 17.4. The van der Waals surface area contributed by atoms with Crippen LogP contribution in [0.25, 0.3) is 32.7 Å². The maximum atomic E-state index is 11.7. The van der Waals surface area contributed by atoms with E-state index in [2.05, 4.69) is 0 Å². The molecule has 0 spiro atoms. The Morgan fingerprint density at radius 3 is 1.92 bits per heavy atom. The third-order valence-corrected chi connectivity index (χ3v) is 4.46. The monoisotopic (exact) mass is 329 g/mol. The van der Waals surface area contributed by atoms with Gasteiger partial charge in [-0.1, -0.05) is 54.6 Å². The van der Waals surface area contributed by atoms with Crippen LogP contribution in [0.2, 0.25) is 0 Å². The Morgan fingerprint density at radius 2 is 1.32 bits per heavy atom. The number of rotatable bonds is 3. The summed E-state index contributed by atoms with van der Waals surface area (Å²) in [5, 5.41) is 15.5. The van der Waals surface area contributed by atoms with Crippen molar-refractivity contribution in [2.45, 2.75) is 0 Å². The average Bonchev–Trinajstić information content (AvgIpc) is 2.66. The van der Waals surface area contributed by atoms with Crippen molar-refractivity contribution in [3.05, 3.63) is 82.9 Å². The number of methoxy groups -OCH3 is 1. The molecule has 0 heterocycles. The van der Waals surface area contributed by atoms with Gasteiger partial charge in [-0.3, -0.25) is 10.1 Å². The molecule has 4 nitrogen and oxygen atoms in total. The van der Waals surface area contributed by atoms with Crippen LogP contribution in [0.3, 0.4) is 0 Å². The minimum absolute atomic E-state index is 0.0772. The van der Waals surface area contributed by atoms with Crippen LogP contribution in [-0.4, -0.2) is 12.0 Å². The molecule has 4 heteroatoms. The van der Waals surface area contributed by atoms with Crippen LogP contribution in [0, 0.1) is 10.1 Å². The van der Waals surface area contributed by atoms with E-state index in [0.29, 0.717) is 11.3 Å². The molecule has 0 aromatic heterocycles. The van der Waals surface area contributed by atoms with E-state index in [9.17, 15) is 10.1 Å². The molecule has 4 aromatic carbocycles. The molecular weight excluding hydrogens is 314 g/mol. The molecule has 4 aromatic rings. The first-order chi connectivity index (χ1) is 12.2. The highest BCUT2D eigenvalue weighted by Gasteiger charge is 2.23. The van der Waals surface area contributed by atoms with Gasteiger partial charge in [-0.15, -0.1) is 0 Å². The molecule has 0 amide bonds. The Kier molecular flexibility index (Phi) is 3.58. The van der Waals surface area contributed by atoms with E-state index in [1.807, 2.05) is 60.7 Å². The summed E-state index contributed by atoms with van der Waals surface area (Å²) >= 11 is 0. The zero-order valence-electron chi connectivity index (χ0n) is 13.6. The molecule has 0 N–H and O–H groups in total. The molecule has 0 unspecified atom stereocenters. The normalized spacial score (nSPS) is 10.9. The van der Waals surface area contributed by atoms with Crippen LogP contribution in [0.1, 0.15) is 0 Å². The predicted octanol–water partition coefficient (Wildman–Crippen LogP) is 5.58. The standard InChI is InChI=1S/C21H15NO3/c1-25-19-13-11-15-7-3-5-9-17(15)21(19)20-16-8-4-2-6-14(16)10-12-18(20)22(23)24/h2-13H,1H3. The molecule has 0 saturated heterocycles. The lowest BCUT2D eigenvalue weighted by atomic mass is 9.92. The first kappa shape index (κ1) is 15.1. The fourth-order valence-corrected chi connectivity index (χ4v) is 3.35. The quantitative estimate of drug-likeness (QED) is 0.364. The van der Waals surface area contributed by atoms with Crippen LogP contribution in [-0.2, 0) is 0 Å². The SMILES string of the molecule is COc1ccc2ccccc2c1-c1c([N+](=O)[O-])ccc2ccccc12. The summed E-state index contributed by atoms with van der Waals surface area (Å²) in [7, 11) is 1.59. The molecule has 25 heavy (non-hydrogen) atoms. The first-order valence-corrected chi connectivity index (χ1v) is 7.93. The van der Waals surface area contributed by atoms with Crippen LogP contribution >= 0.6 is 0 Å². The van der Waals surface area contributed by atoms with E-state index in [0.717, 1.165) is 27.1 Å². The minimum Gasteiger partial charge on any atom is -0.496 e. The van der Waals surface area contributed by atoms with Crippen molar-refractivity contribution in [3.8, 4) is 16.9 Å². The van der Waals surface area contributed by atoms with Crippen molar-refractivity contribution in [3.63, 3.8) is 0 Å². The van der Waals surface area contributed by atoms with Crippen molar-refractivity contribution in [2.75, 3.05) is 7.11 Å². The van der Waals surface area contributed by atoms with E-state index in [4.69, 9.17) is 4.74 Å². The Bertz CT molecular complexity index is 1120. The molecule has 0 atom stereocenters. The molecule has 0 saturated carbocycles. The zero-order valence-corrected chi connectivity index (χ0v) is 13.6. The van der Waals surface area contributed by atoms with Gasteiger partial charge in [0.15, 0.2) is 0 Å². The number of nitrogens with zero attached hydrogens (tertiary/aromatic N) is 1. The van der Waals surface area contributed by atoms with E-state index in [1.54, 1.807) is 19.2 Å². The van der Waals surface area contributed by atoms with Crippen molar-refractivity contribution in [1.29, 1.82) is 0 Å². The third-order valence-electron chi connectivity index (χ3n) is 4.46. The van der Waals surface area contributed by atoms with E-state index >= 15 is 0 Å². The summed E-state index contributed by atoms with van der Waals surface area (Å²) in [6, 6.07) is 22.7. The smallest absolute Gasteiger partial charge is 0.278 e. The van der Waals surface area contributed by atoms with Crippen LogP contribution in [0.5, 0.6) is 5.75 Å². The Balaban J connectivity index is 2.24. The lowest BCUT2D eigenvalue weighted by Gasteiger charge is -2.15. The summed E-state index contributed by atoms with van der Waals surface area (Å²) < 4.78 is 5.57. The largest absolute Gasteiger partial charge is 0.496 e. The van der Waals surface area contributed by atoms with E-state index in [-0.39, 0.29) is 10.6 Å². The van der Waals surface area contributed by atoms with E-state index in [1.165, 1.54) is 0 Å². The van der Waals surface area contributed by atoms with Gasteiger partial charge >= 0.3 is 0 Å². The fraction of sp³-hybridized carbons (Fsp3) is 0.0476. The number of fused-ring (bicyclic) bond motifs is 2. The minimum atomic E-state index is -0.330. The second kappa shape index (κ2) is 5.91. The van der Waals surface area contributed by atoms with E-state index < -0.39 is 0 Å². The van der Waals surface area contributed by atoms with Gasteiger partial charge in [0.2, 0.25) is 0 Å². The van der Waals surface area contributed by atoms with Gasteiger partial charge in [-0.2, -0.15) is 0 Å². The molecule has 122 valence electrons. The number of hydrogen-bond donors (Lipinski definition) is 0. The summed E-state index contributed by atoms with van der Waals surface area (Å²) in [4.78, 5) is 11.4. The van der Waals surface area contributed by atoms with Crippen molar-refractivity contribution in [1.82, 2.24) is 0 Å². The van der Waals surface area contributed by atoms with Crippen LogP contribution in [0.15, 0.2) is 72.8 Å². The molecule has 0 aliphatic rings. The highest BCUT2D eigenvalue weighted by molar-refractivity contribution is 6.10. The highest BCUT2D eigenvalue weighted by atomic mass is 16.6. The van der Waals surface area contributed by atoms with Gasteiger partial charge in [0.05, 0.1) is 17.6 Å². The summed E-state index contributed by atoms with van der Waals surface area (Å²) in [5.41, 5.74) is 1.43. The van der Waals surface area contributed by atoms with Gasteiger partial charge in [-0.05, 0) is 33.7 Å². The Hall–Kier alpha value is -3.40. The fourth-order valence-electron chi connectivity index (χ4n) is 3.35. The van der Waals surface area contributed by atoms with Gasteiger partial charge < -0.3 is 4.74 Å². The van der Waals surface area contributed by atoms with Gasteiger partial charge in [0.1, 0.15) is 5.75 Å².